The highest BCUT2D eigenvalue weighted by Crippen LogP contribution is 2.21. The van der Waals surface area contributed by atoms with Crippen LogP contribution in [0.25, 0.3) is 0 Å². The molecule has 0 aliphatic heterocycles. The first-order valence-corrected chi connectivity index (χ1v) is 9.19. The van der Waals surface area contributed by atoms with E-state index in [1.807, 2.05) is 0 Å². The van der Waals surface area contributed by atoms with Crippen LogP contribution in [-0.4, -0.2) is 22.1 Å². The van der Waals surface area contributed by atoms with Crippen molar-refractivity contribution in [2.24, 2.45) is 5.84 Å². The summed E-state index contributed by atoms with van der Waals surface area (Å²) >= 11 is 0. The normalized spacial score (nSPS) is 11.4. The third-order valence-electron chi connectivity index (χ3n) is 4.09. The molecule has 1 aromatic rings. The van der Waals surface area contributed by atoms with E-state index in [0.29, 0.717) is 12.2 Å². The molecule has 0 aromatic heterocycles. The molecule has 0 fully saturated rings. The van der Waals surface area contributed by atoms with Crippen LogP contribution >= 0.6 is 0 Å². The predicted molar refractivity (Wildman–Crippen MR) is 97.5 cm³/mol. The van der Waals surface area contributed by atoms with E-state index in [0.717, 1.165) is 18.4 Å². The summed E-state index contributed by atoms with van der Waals surface area (Å²) in [6, 6.07) is 6.59. The van der Waals surface area contributed by atoms with Gasteiger partial charge in [0.25, 0.3) is 0 Å². The molecule has 0 aliphatic carbocycles. The van der Waals surface area contributed by atoms with Crippen molar-refractivity contribution in [3.63, 3.8) is 0 Å². The molecule has 0 atom stereocenters. The zero-order chi connectivity index (χ0) is 18.5. The van der Waals surface area contributed by atoms with Crippen LogP contribution in [0.1, 0.15) is 70.3 Å². The first kappa shape index (κ1) is 21.4. The molecule has 0 heterocycles. The van der Waals surface area contributed by atoms with Gasteiger partial charge in [-0.1, -0.05) is 64.0 Å². The summed E-state index contributed by atoms with van der Waals surface area (Å²) in [5, 5.41) is 19.9. The molecule has 25 heavy (non-hydrogen) atoms. The van der Waals surface area contributed by atoms with Crippen LogP contribution in [0.15, 0.2) is 24.3 Å². The Hall–Kier alpha value is -1.63. The van der Waals surface area contributed by atoms with Crippen molar-refractivity contribution in [2.45, 2.75) is 77.1 Å². The van der Waals surface area contributed by atoms with Crippen LogP contribution in [0, 0.1) is 0 Å². The van der Waals surface area contributed by atoms with Crippen LogP contribution in [0.2, 0.25) is 0 Å². The van der Waals surface area contributed by atoms with Gasteiger partial charge in [-0.3, -0.25) is 10.2 Å². The highest BCUT2D eigenvalue weighted by Gasteiger charge is 2.24. The van der Waals surface area contributed by atoms with Crippen molar-refractivity contribution in [1.29, 1.82) is 0 Å². The number of amides is 1. The van der Waals surface area contributed by atoms with E-state index in [1.54, 1.807) is 24.3 Å². The monoisotopic (exact) mass is 352 g/mol. The van der Waals surface area contributed by atoms with E-state index in [1.165, 1.54) is 32.1 Å². The summed E-state index contributed by atoms with van der Waals surface area (Å²) in [7, 11) is 0. The number of rotatable bonds is 13. The molecular weight excluding hydrogens is 320 g/mol. The summed E-state index contributed by atoms with van der Waals surface area (Å²) in [6.45, 7) is 2.20. The van der Waals surface area contributed by atoms with E-state index in [9.17, 15) is 15.0 Å². The standard InChI is InChI=1S/C19H32N2O4/c1-2-3-4-5-6-7-8-9-14-19(23,24)25-17-12-10-16(11-13-17)15-18(22)21-20/h10-13,23-24H,2-9,14-15,20H2,1H3,(H,21,22). The van der Waals surface area contributed by atoms with Crippen LogP contribution in [-0.2, 0) is 11.2 Å². The number of nitrogens with one attached hydrogen (secondary N) is 1. The molecule has 6 nitrogen and oxygen atoms in total. The van der Waals surface area contributed by atoms with E-state index in [4.69, 9.17) is 10.6 Å². The highest BCUT2D eigenvalue weighted by atomic mass is 16.8. The molecule has 1 aromatic carbocycles. The number of carbonyl (C=O) groups is 1. The number of carbonyl (C=O) groups excluding carboxylic acids is 1. The summed E-state index contributed by atoms with van der Waals surface area (Å²) in [4.78, 5) is 11.2. The lowest BCUT2D eigenvalue weighted by molar-refractivity contribution is -0.296. The first-order chi connectivity index (χ1) is 12.0. The van der Waals surface area contributed by atoms with Crippen LogP contribution in [0.4, 0.5) is 0 Å². The minimum atomic E-state index is -2.17. The Balaban J connectivity index is 2.26. The smallest absolute Gasteiger partial charge is 0.321 e. The number of hydrogen-bond donors (Lipinski definition) is 4. The highest BCUT2D eigenvalue weighted by molar-refractivity contribution is 5.77. The summed E-state index contributed by atoms with van der Waals surface area (Å²) in [5.41, 5.74) is 2.83. The SMILES string of the molecule is CCCCCCCCCCC(O)(O)Oc1ccc(CC(=O)NN)cc1. The van der Waals surface area contributed by atoms with Gasteiger partial charge in [0.05, 0.1) is 6.42 Å². The molecule has 1 rings (SSSR count). The number of hydrogen-bond acceptors (Lipinski definition) is 5. The van der Waals surface area contributed by atoms with Gasteiger partial charge in [-0.15, -0.1) is 0 Å². The average Bonchev–Trinajstić information content (AvgIpc) is 2.58. The Morgan fingerprint density at radius 2 is 1.60 bits per heavy atom. The lowest BCUT2D eigenvalue weighted by Gasteiger charge is -2.22. The van der Waals surface area contributed by atoms with Crippen molar-refractivity contribution in [1.82, 2.24) is 5.43 Å². The number of benzene rings is 1. The zero-order valence-corrected chi connectivity index (χ0v) is 15.2. The van der Waals surface area contributed by atoms with Gasteiger partial charge >= 0.3 is 5.97 Å². The topological polar surface area (TPSA) is 105 Å². The van der Waals surface area contributed by atoms with Gasteiger partial charge in [0, 0.05) is 6.42 Å². The van der Waals surface area contributed by atoms with Crippen molar-refractivity contribution in [3.05, 3.63) is 29.8 Å². The van der Waals surface area contributed by atoms with Crippen LogP contribution < -0.4 is 16.0 Å². The molecule has 0 bridgehead atoms. The van der Waals surface area contributed by atoms with Crippen molar-refractivity contribution in [3.8, 4) is 5.75 Å². The second-order valence-electron chi connectivity index (χ2n) is 6.46. The van der Waals surface area contributed by atoms with E-state index in [2.05, 4.69) is 12.3 Å². The third-order valence-corrected chi connectivity index (χ3v) is 4.09. The molecular formula is C19H32N2O4. The minimum Gasteiger partial charge on any atom is -0.439 e. The van der Waals surface area contributed by atoms with Crippen LogP contribution in [0.3, 0.4) is 0 Å². The number of ether oxygens (including phenoxy) is 1. The molecule has 0 saturated carbocycles. The maximum atomic E-state index is 11.2. The summed E-state index contributed by atoms with van der Waals surface area (Å²) in [5.74, 6) is 2.93. The van der Waals surface area contributed by atoms with Crippen LogP contribution in [0.5, 0.6) is 5.75 Å². The molecule has 142 valence electrons. The van der Waals surface area contributed by atoms with E-state index in [-0.39, 0.29) is 18.7 Å². The molecule has 5 N–H and O–H groups in total. The number of aliphatic hydroxyl groups is 2. The van der Waals surface area contributed by atoms with Gasteiger partial charge in [0.2, 0.25) is 5.91 Å². The third kappa shape index (κ3) is 10.1. The lowest BCUT2D eigenvalue weighted by atomic mass is 10.1. The molecule has 0 saturated heterocycles. The molecule has 6 heteroatoms. The molecule has 0 radical (unpaired) electrons. The Labute approximate surface area is 150 Å². The van der Waals surface area contributed by atoms with Gasteiger partial charge in [0.15, 0.2) is 0 Å². The predicted octanol–water partition coefficient (Wildman–Crippen LogP) is 2.77. The van der Waals surface area contributed by atoms with E-state index >= 15 is 0 Å². The number of unbranched alkanes of at least 4 members (excludes halogenated alkanes) is 7. The quantitative estimate of drug-likeness (QED) is 0.144. The maximum absolute atomic E-state index is 11.2. The van der Waals surface area contributed by atoms with Gasteiger partial charge in [-0.25, -0.2) is 5.84 Å². The van der Waals surface area contributed by atoms with Gasteiger partial charge in [-0.2, -0.15) is 0 Å². The first-order valence-electron chi connectivity index (χ1n) is 9.19. The summed E-state index contributed by atoms with van der Waals surface area (Å²) < 4.78 is 5.23. The fourth-order valence-electron chi connectivity index (χ4n) is 2.64. The molecule has 1 amide bonds. The average molecular weight is 352 g/mol. The molecule has 0 spiro atoms. The fourth-order valence-corrected chi connectivity index (χ4v) is 2.64. The van der Waals surface area contributed by atoms with Crippen molar-refractivity contribution < 1.29 is 19.7 Å². The Kier molecular flexibility index (Phi) is 10.1. The van der Waals surface area contributed by atoms with Crippen molar-refractivity contribution >= 4 is 5.91 Å². The Morgan fingerprint density at radius 3 is 2.16 bits per heavy atom. The molecule has 0 aliphatic rings. The maximum Gasteiger partial charge on any atom is 0.321 e. The second kappa shape index (κ2) is 11.8. The summed E-state index contributed by atoms with van der Waals surface area (Å²) in [6.07, 6.45) is 9.38. The number of nitrogens with two attached hydrogens (primary N) is 1. The second-order valence-corrected chi connectivity index (χ2v) is 6.46. The fraction of sp³-hybridized carbons (Fsp3) is 0.632. The van der Waals surface area contributed by atoms with Gasteiger partial charge in [-0.05, 0) is 24.1 Å². The largest absolute Gasteiger partial charge is 0.439 e. The minimum absolute atomic E-state index is 0.165. The van der Waals surface area contributed by atoms with E-state index < -0.39 is 5.97 Å². The Bertz CT molecular complexity index is 489. The van der Waals surface area contributed by atoms with Gasteiger partial charge < -0.3 is 14.9 Å². The Morgan fingerprint density at radius 1 is 1.04 bits per heavy atom. The lowest BCUT2D eigenvalue weighted by Crippen LogP contribution is -2.35. The zero-order valence-electron chi connectivity index (χ0n) is 15.2. The van der Waals surface area contributed by atoms with Gasteiger partial charge in [0.1, 0.15) is 5.75 Å². The van der Waals surface area contributed by atoms with Crippen molar-refractivity contribution in [2.75, 3.05) is 0 Å². The number of hydrazine groups is 1. The molecule has 0 unspecified atom stereocenters.